The molecule has 0 radical (unpaired) electrons. The van der Waals surface area contributed by atoms with E-state index in [0.717, 1.165) is 15.9 Å². The van der Waals surface area contributed by atoms with Crippen molar-refractivity contribution >= 4 is 51.7 Å². The molecule has 0 spiro atoms. The number of aromatic amines is 1. The highest BCUT2D eigenvalue weighted by atomic mass is 35.5. The van der Waals surface area contributed by atoms with E-state index in [-0.39, 0.29) is 38.9 Å². The number of fused-ring (bicyclic) bond motifs is 1. The Hall–Kier alpha value is -4.41. The summed E-state index contributed by atoms with van der Waals surface area (Å²) >= 11 is 12.8. The number of urea groups is 1. The number of halogens is 2. The summed E-state index contributed by atoms with van der Waals surface area (Å²) in [4.78, 5) is 29.1. The Morgan fingerprint density at radius 1 is 1.06 bits per heavy atom. The fourth-order valence-corrected chi connectivity index (χ4v) is 3.93. The number of rotatable bonds is 4. The molecule has 0 saturated carbocycles. The van der Waals surface area contributed by atoms with Gasteiger partial charge in [0, 0.05) is 23.2 Å². The van der Waals surface area contributed by atoms with Crippen molar-refractivity contribution in [1.29, 1.82) is 0 Å². The third kappa shape index (κ3) is 4.27. The molecule has 2 aromatic heterocycles. The van der Waals surface area contributed by atoms with Gasteiger partial charge in [-0.1, -0.05) is 48.0 Å². The summed E-state index contributed by atoms with van der Waals surface area (Å²) in [5, 5.41) is 14.8. The van der Waals surface area contributed by atoms with Crippen LogP contribution in [-0.4, -0.2) is 27.0 Å². The second-order valence-electron chi connectivity index (χ2n) is 7.41. The van der Waals surface area contributed by atoms with E-state index in [2.05, 4.69) is 32.2 Å². The number of carbonyl (C=O) groups is 1. The van der Waals surface area contributed by atoms with Crippen LogP contribution in [0.25, 0.3) is 22.0 Å². The maximum Gasteiger partial charge on any atom is 0.347 e. The maximum atomic E-state index is 12.5. The second kappa shape index (κ2) is 8.75. The van der Waals surface area contributed by atoms with Crippen LogP contribution in [0.3, 0.4) is 0 Å². The van der Waals surface area contributed by atoms with Crippen LogP contribution in [0.15, 0.2) is 76.9 Å². The number of hydrogen-bond donors (Lipinski definition) is 3. The number of ether oxygens (including phenoxy) is 1. The highest BCUT2D eigenvalue weighted by molar-refractivity contribution is 6.37. The minimum absolute atomic E-state index is 0.0327. The van der Waals surface area contributed by atoms with Crippen molar-refractivity contribution in [2.24, 2.45) is 10.8 Å². The molecule has 10 nitrogen and oxygen atoms in total. The molecule has 0 bridgehead atoms. The van der Waals surface area contributed by atoms with Crippen molar-refractivity contribution in [3.05, 3.63) is 87.4 Å². The van der Waals surface area contributed by atoms with Crippen LogP contribution in [0.2, 0.25) is 10.0 Å². The molecule has 35 heavy (non-hydrogen) atoms. The maximum absolute atomic E-state index is 12.5. The summed E-state index contributed by atoms with van der Waals surface area (Å²) in [6, 6.07) is 13.1. The van der Waals surface area contributed by atoms with E-state index >= 15 is 0 Å². The fourth-order valence-electron chi connectivity index (χ4n) is 3.38. The summed E-state index contributed by atoms with van der Waals surface area (Å²) in [5.74, 6) is 0.141. The molecule has 1 aliphatic heterocycles. The molecule has 174 valence electrons. The minimum atomic E-state index is -0.582. The number of aromatic nitrogens is 3. The molecule has 0 aliphatic carbocycles. The number of amidine groups is 1. The number of carbonyl (C=O) groups excluding carboxylic acids is 1. The van der Waals surface area contributed by atoms with E-state index in [1.54, 1.807) is 6.20 Å². The first-order chi connectivity index (χ1) is 16.8. The van der Waals surface area contributed by atoms with E-state index in [1.165, 1.54) is 18.2 Å². The van der Waals surface area contributed by atoms with Gasteiger partial charge in [0.05, 0.1) is 32.5 Å². The van der Waals surface area contributed by atoms with Gasteiger partial charge in [0.25, 0.3) is 5.56 Å². The van der Waals surface area contributed by atoms with Crippen LogP contribution in [0.4, 0.5) is 10.5 Å². The van der Waals surface area contributed by atoms with Gasteiger partial charge in [-0.3, -0.25) is 9.78 Å². The second-order valence-corrected chi connectivity index (χ2v) is 8.23. The first-order valence-corrected chi connectivity index (χ1v) is 10.8. The van der Waals surface area contributed by atoms with Gasteiger partial charge in [-0.15, -0.1) is 10.2 Å². The van der Waals surface area contributed by atoms with E-state index in [4.69, 9.17) is 33.7 Å². The summed E-state index contributed by atoms with van der Waals surface area (Å²) in [7, 11) is 0. The highest BCUT2D eigenvalue weighted by Gasteiger charge is 2.25. The summed E-state index contributed by atoms with van der Waals surface area (Å²) < 4.78 is 5.79. The molecule has 4 N–H and O–H groups in total. The van der Waals surface area contributed by atoms with E-state index in [9.17, 15) is 9.59 Å². The number of para-hydroxylation sites is 1. The molecule has 5 rings (SSSR count). The summed E-state index contributed by atoms with van der Waals surface area (Å²) in [6.07, 6.45) is 1.59. The molecule has 0 saturated heterocycles. The lowest BCUT2D eigenvalue weighted by Gasteiger charge is -2.24. The Morgan fingerprint density at radius 3 is 2.57 bits per heavy atom. The summed E-state index contributed by atoms with van der Waals surface area (Å²) in [6.45, 7) is 3.60. The Balaban J connectivity index is 1.48. The molecule has 4 aromatic rings. The predicted octanol–water partition coefficient (Wildman–Crippen LogP) is 4.40. The largest absolute Gasteiger partial charge is 0.434 e. The minimum Gasteiger partial charge on any atom is -0.434 e. The number of hydrazone groups is 1. The molecule has 3 heterocycles. The Bertz CT molecular complexity index is 1590. The van der Waals surface area contributed by atoms with Gasteiger partial charge in [0.15, 0.2) is 11.6 Å². The third-order valence-corrected chi connectivity index (χ3v) is 5.64. The SMILES string of the molecule is C=C1NC(=O)N(c2cc(Cl)c(Oc3cc(-c4cnc5ccccc5c4)c(=O)[nH]n3)c(Cl)c2)N=C1N. The van der Waals surface area contributed by atoms with Gasteiger partial charge in [-0.2, -0.15) is 5.01 Å². The molecular formula is C23H15Cl2N7O3. The number of H-pyrrole nitrogens is 1. The number of nitrogens with two attached hydrogens (primary N) is 1. The predicted molar refractivity (Wildman–Crippen MR) is 134 cm³/mol. The topological polar surface area (TPSA) is 139 Å². The van der Waals surface area contributed by atoms with Crippen LogP contribution in [0, 0.1) is 0 Å². The van der Waals surface area contributed by atoms with Gasteiger partial charge >= 0.3 is 6.03 Å². The number of pyridine rings is 1. The normalized spacial score (nSPS) is 13.5. The van der Waals surface area contributed by atoms with Crippen molar-refractivity contribution in [2.45, 2.75) is 0 Å². The van der Waals surface area contributed by atoms with Crippen LogP contribution in [0.5, 0.6) is 11.6 Å². The number of nitrogens with zero attached hydrogens (tertiary/aromatic N) is 4. The monoisotopic (exact) mass is 507 g/mol. The molecule has 2 aromatic carbocycles. The van der Waals surface area contributed by atoms with Gasteiger partial charge in [-0.25, -0.2) is 9.89 Å². The number of amides is 2. The number of nitrogens with one attached hydrogen (secondary N) is 2. The highest BCUT2D eigenvalue weighted by Crippen LogP contribution is 2.40. The Kier molecular flexibility index (Phi) is 5.59. The first-order valence-electron chi connectivity index (χ1n) is 10.1. The van der Waals surface area contributed by atoms with Crippen molar-refractivity contribution in [1.82, 2.24) is 20.5 Å². The standard InChI is InChI=1S/C23H15Cl2N7O3/c1-11-21(26)31-32(23(34)28-11)14-7-16(24)20(17(25)8-14)35-19-9-15(22(33)30-29-19)13-6-12-4-2-3-5-18(12)27-10-13/h2-10H,1H2,(H2,26,31)(H,28,34)(H,30,33). The van der Waals surface area contributed by atoms with E-state index in [1.807, 2.05) is 30.3 Å². The molecule has 12 heteroatoms. The number of anilines is 1. The molecule has 1 aliphatic rings. The van der Waals surface area contributed by atoms with Gasteiger partial charge in [0.1, 0.15) is 0 Å². The van der Waals surface area contributed by atoms with Crippen LogP contribution in [0.1, 0.15) is 0 Å². The van der Waals surface area contributed by atoms with Crippen LogP contribution >= 0.6 is 23.2 Å². The van der Waals surface area contributed by atoms with Crippen molar-refractivity contribution in [3.8, 4) is 22.8 Å². The Labute approximate surface area is 207 Å². The van der Waals surface area contributed by atoms with Crippen LogP contribution in [-0.2, 0) is 0 Å². The van der Waals surface area contributed by atoms with E-state index < -0.39 is 11.6 Å². The van der Waals surface area contributed by atoms with Crippen molar-refractivity contribution in [3.63, 3.8) is 0 Å². The molecular weight excluding hydrogens is 493 g/mol. The first kappa shape index (κ1) is 22.4. The van der Waals surface area contributed by atoms with Crippen LogP contribution < -0.4 is 26.4 Å². The fraction of sp³-hybridized carbons (Fsp3) is 0. The average Bonchev–Trinajstić information content (AvgIpc) is 2.84. The zero-order valence-corrected chi connectivity index (χ0v) is 19.3. The molecule has 0 fully saturated rings. The summed E-state index contributed by atoms with van der Waals surface area (Å²) in [5.41, 5.74) is 7.44. The lowest BCUT2D eigenvalue weighted by molar-refractivity contribution is 0.248. The smallest absolute Gasteiger partial charge is 0.347 e. The Morgan fingerprint density at radius 2 is 1.80 bits per heavy atom. The van der Waals surface area contributed by atoms with E-state index in [0.29, 0.717) is 11.1 Å². The zero-order valence-electron chi connectivity index (χ0n) is 17.8. The lowest BCUT2D eigenvalue weighted by Crippen LogP contribution is -2.45. The van der Waals surface area contributed by atoms with Crippen molar-refractivity contribution in [2.75, 3.05) is 5.01 Å². The molecule has 0 atom stereocenters. The third-order valence-electron chi connectivity index (χ3n) is 5.08. The lowest BCUT2D eigenvalue weighted by atomic mass is 10.1. The molecule has 2 amide bonds. The van der Waals surface area contributed by atoms with Gasteiger partial charge in [0.2, 0.25) is 5.88 Å². The number of hydrogen-bond acceptors (Lipinski definition) is 7. The molecule has 0 unspecified atom stereocenters. The quantitative estimate of drug-likeness (QED) is 0.374. The van der Waals surface area contributed by atoms with Crippen molar-refractivity contribution < 1.29 is 9.53 Å². The average molecular weight is 508 g/mol. The zero-order chi connectivity index (χ0) is 24.7. The van der Waals surface area contributed by atoms with Gasteiger partial charge < -0.3 is 15.8 Å². The number of benzene rings is 2. The van der Waals surface area contributed by atoms with Gasteiger partial charge in [-0.05, 0) is 24.3 Å².